The Morgan fingerprint density at radius 3 is 2.43 bits per heavy atom. The molecule has 2 aromatic carbocycles. The van der Waals surface area contributed by atoms with Crippen molar-refractivity contribution in [2.24, 2.45) is 10.9 Å². The van der Waals surface area contributed by atoms with Gasteiger partial charge in [-0.2, -0.15) is 0 Å². The molecule has 6 nitrogen and oxygen atoms in total. The molecular weight excluding hydrogens is 374 g/mol. The van der Waals surface area contributed by atoms with Gasteiger partial charge in [0.1, 0.15) is 11.9 Å². The summed E-state index contributed by atoms with van der Waals surface area (Å²) in [6.45, 7) is 6.30. The Morgan fingerprint density at radius 1 is 1.11 bits per heavy atom. The van der Waals surface area contributed by atoms with Crippen LogP contribution in [-0.2, 0) is 21.4 Å². The van der Waals surface area contributed by atoms with Crippen molar-refractivity contribution in [2.45, 2.75) is 38.3 Å². The van der Waals surface area contributed by atoms with Crippen molar-refractivity contribution in [2.75, 3.05) is 7.05 Å². The highest BCUT2D eigenvalue weighted by Crippen LogP contribution is 2.24. The molecule has 1 atom stereocenters. The second kappa shape index (κ2) is 7.75. The fourth-order valence-electron chi connectivity index (χ4n) is 3.20. The van der Waals surface area contributed by atoms with Crippen LogP contribution in [0.15, 0.2) is 58.4 Å². The van der Waals surface area contributed by atoms with Crippen molar-refractivity contribution in [3.05, 3.63) is 65.2 Å². The van der Waals surface area contributed by atoms with Gasteiger partial charge in [0.25, 0.3) is 10.0 Å². The summed E-state index contributed by atoms with van der Waals surface area (Å²) >= 11 is 0. The lowest BCUT2D eigenvalue weighted by molar-refractivity contribution is -0.132. The third kappa shape index (κ3) is 3.94. The number of nitrogens with zero attached hydrogens (tertiary/aromatic N) is 2. The Kier molecular flexibility index (Phi) is 5.56. The van der Waals surface area contributed by atoms with E-state index in [4.69, 9.17) is 0 Å². The SMILES string of the molecule is Cc1ccccc1CN(C)C(=O)[C@@H](N=C1NS(=O)(=O)c2ccccc21)C(C)C. The molecule has 1 aliphatic heterocycles. The van der Waals surface area contributed by atoms with Crippen LogP contribution in [0.25, 0.3) is 0 Å². The van der Waals surface area contributed by atoms with Crippen LogP contribution in [0, 0.1) is 12.8 Å². The van der Waals surface area contributed by atoms with E-state index < -0.39 is 16.1 Å². The summed E-state index contributed by atoms with van der Waals surface area (Å²) in [5.74, 6) is -0.00198. The van der Waals surface area contributed by atoms with Crippen LogP contribution >= 0.6 is 0 Å². The average Bonchev–Trinajstić information content (AvgIpc) is 2.91. The van der Waals surface area contributed by atoms with Crippen molar-refractivity contribution in [3.63, 3.8) is 0 Å². The van der Waals surface area contributed by atoms with Crippen LogP contribution < -0.4 is 4.72 Å². The second-order valence-corrected chi connectivity index (χ2v) is 9.04. The van der Waals surface area contributed by atoms with E-state index in [1.165, 1.54) is 6.07 Å². The third-order valence-corrected chi connectivity index (χ3v) is 6.26. The summed E-state index contributed by atoms with van der Waals surface area (Å²) in [7, 11) is -1.88. The number of amidine groups is 1. The number of aryl methyl sites for hydroxylation is 1. The van der Waals surface area contributed by atoms with E-state index in [0.717, 1.165) is 11.1 Å². The summed E-state index contributed by atoms with van der Waals surface area (Å²) in [5, 5.41) is 0. The summed E-state index contributed by atoms with van der Waals surface area (Å²) in [6, 6.07) is 13.9. The number of hydrogen-bond donors (Lipinski definition) is 1. The highest BCUT2D eigenvalue weighted by molar-refractivity contribution is 7.90. The smallest absolute Gasteiger partial charge is 0.263 e. The molecule has 7 heteroatoms. The van der Waals surface area contributed by atoms with Crippen LogP contribution in [0.2, 0.25) is 0 Å². The zero-order valence-corrected chi connectivity index (χ0v) is 17.3. The van der Waals surface area contributed by atoms with Crippen molar-refractivity contribution in [3.8, 4) is 0 Å². The largest absolute Gasteiger partial charge is 0.340 e. The van der Waals surface area contributed by atoms with Gasteiger partial charge in [-0.25, -0.2) is 8.42 Å². The molecule has 3 rings (SSSR count). The first kappa shape index (κ1) is 20.1. The highest BCUT2D eigenvalue weighted by Gasteiger charge is 2.33. The first-order valence-corrected chi connectivity index (χ1v) is 10.7. The van der Waals surface area contributed by atoms with Crippen LogP contribution in [0.3, 0.4) is 0 Å². The monoisotopic (exact) mass is 399 g/mol. The molecule has 0 aliphatic carbocycles. The van der Waals surface area contributed by atoms with E-state index in [9.17, 15) is 13.2 Å². The molecule has 28 heavy (non-hydrogen) atoms. The van der Waals surface area contributed by atoms with E-state index >= 15 is 0 Å². The number of nitrogens with one attached hydrogen (secondary N) is 1. The number of hydrogen-bond acceptors (Lipinski definition) is 4. The lowest BCUT2D eigenvalue weighted by Crippen LogP contribution is -2.39. The maximum absolute atomic E-state index is 13.1. The number of carbonyl (C=O) groups excluding carboxylic acids is 1. The van der Waals surface area contributed by atoms with Gasteiger partial charge in [-0.15, -0.1) is 0 Å². The minimum atomic E-state index is -3.63. The summed E-state index contributed by atoms with van der Waals surface area (Å²) in [6.07, 6.45) is 0. The molecule has 1 N–H and O–H groups in total. The van der Waals surface area contributed by atoms with E-state index in [0.29, 0.717) is 12.1 Å². The maximum atomic E-state index is 13.1. The van der Waals surface area contributed by atoms with E-state index in [-0.39, 0.29) is 22.6 Å². The first-order chi connectivity index (χ1) is 13.2. The van der Waals surface area contributed by atoms with Gasteiger partial charge in [0.15, 0.2) is 0 Å². The third-order valence-electron chi connectivity index (χ3n) is 4.86. The van der Waals surface area contributed by atoms with Gasteiger partial charge in [0, 0.05) is 19.2 Å². The number of carbonyl (C=O) groups is 1. The first-order valence-electron chi connectivity index (χ1n) is 9.20. The van der Waals surface area contributed by atoms with Gasteiger partial charge in [-0.05, 0) is 36.1 Å². The quantitative estimate of drug-likeness (QED) is 0.840. The predicted octanol–water partition coefficient (Wildman–Crippen LogP) is 2.72. The van der Waals surface area contributed by atoms with Crippen LogP contribution in [0.4, 0.5) is 0 Å². The number of fused-ring (bicyclic) bond motifs is 1. The molecule has 0 unspecified atom stereocenters. The Morgan fingerprint density at radius 2 is 1.75 bits per heavy atom. The minimum absolute atomic E-state index is 0.0865. The number of aliphatic imine (C=N–C) groups is 1. The van der Waals surface area contributed by atoms with Crippen LogP contribution in [-0.4, -0.2) is 38.2 Å². The second-order valence-electron chi connectivity index (χ2n) is 7.39. The maximum Gasteiger partial charge on any atom is 0.263 e. The van der Waals surface area contributed by atoms with Gasteiger partial charge < -0.3 is 4.90 Å². The number of sulfonamides is 1. The Hall–Kier alpha value is -2.67. The van der Waals surface area contributed by atoms with Gasteiger partial charge in [-0.1, -0.05) is 50.2 Å². The van der Waals surface area contributed by atoms with E-state index in [1.807, 2.05) is 45.0 Å². The van der Waals surface area contributed by atoms with Crippen molar-refractivity contribution >= 4 is 21.8 Å². The number of benzene rings is 2. The molecule has 1 aliphatic rings. The Balaban J connectivity index is 1.89. The standard InChI is InChI=1S/C21H25N3O3S/c1-14(2)19(21(25)24(4)13-16-10-6-5-9-15(16)3)22-20-17-11-7-8-12-18(17)28(26,27)23-20/h5-12,14,19H,13H2,1-4H3,(H,22,23)/t19-/m0/s1. The molecule has 1 heterocycles. The van der Waals surface area contributed by atoms with Gasteiger partial charge >= 0.3 is 0 Å². The molecule has 0 aromatic heterocycles. The number of amides is 1. The van der Waals surface area contributed by atoms with E-state index in [1.54, 1.807) is 30.1 Å². The van der Waals surface area contributed by atoms with Crippen molar-refractivity contribution in [1.82, 2.24) is 9.62 Å². The fraction of sp³-hybridized carbons (Fsp3) is 0.333. The Labute approximate surface area is 166 Å². The lowest BCUT2D eigenvalue weighted by atomic mass is 10.0. The van der Waals surface area contributed by atoms with Crippen LogP contribution in [0.1, 0.15) is 30.5 Å². The molecular formula is C21H25N3O3S. The molecule has 2 aromatic rings. The molecule has 1 amide bonds. The van der Waals surface area contributed by atoms with Crippen molar-refractivity contribution in [1.29, 1.82) is 0 Å². The Bertz CT molecular complexity index is 1030. The zero-order chi connectivity index (χ0) is 20.5. The molecule has 0 radical (unpaired) electrons. The molecule has 148 valence electrons. The van der Waals surface area contributed by atoms with Crippen LogP contribution in [0.5, 0.6) is 0 Å². The van der Waals surface area contributed by atoms with Gasteiger partial charge in [-0.3, -0.25) is 14.5 Å². The lowest BCUT2D eigenvalue weighted by Gasteiger charge is -2.25. The molecule has 0 saturated heterocycles. The van der Waals surface area contributed by atoms with Gasteiger partial charge in [0.2, 0.25) is 5.91 Å². The molecule has 0 bridgehead atoms. The minimum Gasteiger partial charge on any atom is -0.340 e. The number of rotatable bonds is 5. The summed E-state index contributed by atoms with van der Waals surface area (Å²) < 4.78 is 27.1. The van der Waals surface area contributed by atoms with Crippen molar-refractivity contribution < 1.29 is 13.2 Å². The number of likely N-dealkylation sites (N-methyl/N-ethyl adjacent to an activating group) is 1. The fourth-order valence-corrected chi connectivity index (χ4v) is 4.44. The average molecular weight is 400 g/mol. The molecule has 0 saturated carbocycles. The summed E-state index contributed by atoms with van der Waals surface area (Å²) in [5.41, 5.74) is 2.69. The topological polar surface area (TPSA) is 78.8 Å². The normalized spacial score (nSPS) is 17.2. The highest BCUT2D eigenvalue weighted by atomic mass is 32.2. The predicted molar refractivity (Wildman–Crippen MR) is 110 cm³/mol. The molecule has 0 spiro atoms. The zero-order valence-electron chi connectivity index (χ0n) is 16.5. The van der Waals surface area contributed by atoms with Gasteiger partial charge in [0.05, 0.1) is 4.90 Å². The summed E-state index contributed by atoms with van der Waals surface area (Å²) in [4.78, 5) is 19.5. The van der Waals surface area contributed by atoms with E-state index in [2.05, 4.69) is 9.71 Å². The molecule has 0 fully saturated rings.